The molecule has 3 aromatic rings. The molecular weight excluding hydrogens is 300 g/mol. The van der Waals surface area contributed by atoms with E-state index in [4.69, 9.17) is 4.74 Å². The van der Waals surface area contributed by atoms with Gasteiger partial charge in [-0.05, 0) is 43.7 Å². The Morgan fingerprint density at radius 3 is 3.04 bits per heavy atom. The van der Waals surface area contributed by atoms with Gasteiger partial charge in [0.25, 0.3) is 0 Å². The predicted octanol–water partition coefficient (Wildman–Crippen LogP) is 3.69. The predicted molar refractivity (Wildman–Crippen MR) is 93.9 cm³/mol. The Morgan fingerprint density at radius 2 is 2.21 bits per heavy atom. The van der Waals surface area contributed by atoms with E-state index in [1.807, 2.05) is 24.4 Å². The van der Waals surface area contributed by atoms with E-state index < -0.39 is 0 Å². The molecule has 2 aromatic heterocycles. The third-order valence-corrected chi connectivity index (χ3v) is 4.85. The average Bonchev–Trinajstić information content (AvgIpc) is 3.05. The van der Waals surface area contributed by atoms with Crippen molar-refractivity contribution in [3.8, 4) is 5.75 Å². The molecule has 124 valence electrons. The Labute approximate surface area is 141 Å². The molecule has 0 saturated carbocycles. The van der Waals surface area contributed by atoms with E-state index >= 15 is 0 Å². The van der Waals surface area contributed by atoms with Crippen LogP contribution in [-0.4, -0.2) is 33.7 Å². The van der Waals surface area contributed by atoms with Gasteiger partial charge in [-0.1, -0.05) is 12.5 Å². The topological polar surface area (TPSA) is 54.0 Å². The molecule has 1 aromatic carbocycles. The van der Waals surface area contributed by atoms with Crippen LogP contribution in [0.2, 0.25) is 0 Å². The molecule has 0 radical (unpaired) electrons. The van der Waals surface area contributed by atoms with Gasteiger partial charge in [-0.3, -0.25) is 15.0 Å². The van der Waals surface area contributed by atoms with Crippen LogP contribution >= 0.6 is 0 Å². The average molecular weight is 322 g/mol. The summed E-state index contributed by atoms with van der Waals surface area (Å²) in [5.41, 5.74) is 3.29. The molecule has 5 nitrogen and oxygen atoms in total. The molecule has 24 heavy (non-hydrogen) atoms. The van der Waals surface area contributed by atoms with Crippen molar-refractivity contribution < 1.29 is 4.74 Å². The first kappa shape index (κ1) is 15.1. The van der Waals surface area contributed by atoms with Crippen LogP contribution in [0.4, 0.5) is 0 Å². The van der Waals surface area contributed by atoms with Crippen LogP contribution in [0, 0.1) is 0 Å². The van der Waals surface area contributed by atoms with E-state index in [9.17, 15) is 0 Å². The smallest absolute Gasteiger partial charge is 0.121 e. The van der Waals surface area contributed by atoms with E-state index in [0.717, 1.165) is 36.5 Å². The number of aromatic nitrogens is 3. The third-order valence-electron chi connectivity index (χ3n) is 4.85. The minimum Gasteiger partial charge on any atom is -0.497 e. The van der Waals surface area contributed by atoms with Gasteiger partial charge in [0, 0.05) is 24.2 Å². The fraction of sp³-hybridized carbons (Fsp3) is 0.368. The standard InChI is InChI=1S/C19H22N4O/c1-24-14-8-9-15-17(12-14)21-22-18(15)13-23-11-5-3-7-19(23)16-6-2-4-10-20-16/h2,4,6,8-10,12,19H,3,5,7,11,13H2,1H3,(H,21,22)/t19-/m0/s1. The van der Waals surface area contributed by atoms with Gasteiger partial charge < -0.3 is 4.74 Å². The second-order valence-corrected chi connectivity index (χ2v) is 6.32. The minimum absolute atomic E-state index is 0.386. The lowest BCUT2D eigenvalue weighted by atomic mass is 9.98. The summed E-state index contributed by atoms with van der Waals surface area (Å²) in [6, 6.07) is 12.6. The molecule has 4 rings (SSSR count). The minimum atomic E-state index is 0.386. The van der Waals surface area contributed by atoms with Gasteiger partial charge in [0.2, 0.25) is 0 Å². The number of H-pyrrole nitrogens is 1. The van der Waals surface area contributed by atoms with Gasteiger partial charge in [-0.25, -0.2) is 0 Å². The van der Waals surface area contributed by atoms with Crippen molar-refractivity contribution in [2.24, 2.45) is 0 Å². The fourth-order valence-corrected chi connectivity index (χ4v) is 3.59. The second kappa shape index (κ2) is 6.61. The highest BCUT2D eigenvalue weighted by atomic mass is 16.5. The van der Waals surface area contributed by atoms with Gasteiger partial charge in [-0.2, -0.15) is 5.10 Å². The maximum Gasteiger partial charge on any atom is 0.121 e. The molecule has 0 unspecified atom stereocenters. The molecule has 0 bridgehead atoms. The summed E-state index contributed by atoms with van der Waals surface area (Å²) in [6.45, 7) is 1.96. The van der Waals surface area contributed by atoms with Crippen molar-refractivity contribution >= 4 is 10.9 Å². The Balaban J connectivity index is 1.61. The number of hydrogen-bond acceptors (Lipinski definition) is 4. The monoisotopic (exact) mass is 322 g/mol. The van der Waals surface area contributed by atoms with Crippen molar-refractivity contribution in [2.45, 2.75) is 31.8 Å². The number of pyridine rings is 1. The maximum atomic E-state index is 5.28. The number of ether oxygens (including phenoxy) is 1. The molecule has 1 atom stereocenters. The second-order valence-electron chi connectivity index (χ2n) is 6.32. The summed E-state index contributed by atoms with van der Waals surface area (Å²) in [7, 11) is 1.68. The number of fused-ring (bicyclic) bond motifs is 1. The number of benzene rings is 1. The van der Waals surface area contributed by atoms with Crippen LogP contribution < -0.4 is 4.74 Å². The van der Waals surface area contributed by atoms with E-state index in [-0.39, 0.29) is 0 Å². The molecule has 5 heteroatoms. The lowest BCUT2D eigenvalue weighted by Gasteiger charge is -2.35. The lowest BCUT2D eigenvalue weighted by Crippen LogP contribution is -2.33. The first-order chi connectivity index (χ1) is 11.8. The third kappa shape index (κ3) is 2.87. The molecule has 1 N–H and O–H groups in total. The number of nitrogens with zero attached hydrogens (tertiary/aromatic N) is 3. The first-order valence-corrected chi connectivity index (χ1v) is 8.51. The molecular formula is C19H22N4O. The van der Waals surface area contributed by atoms with E-state index in [0.29, 0.717) is 6.04 Å². The Bertz CT molecular complexity index is 815. The Hall–Kier alpha value is -2.40. The van der Waals surface area contributed by atoms with Crippen molar-refractivity contribution in [2.75, 3.05) is 13.7 Å². The SMILES string of the molecule is COc1ccc2c(CN3CCCC[C@H]3c3ccccn3)[nH]nc2c1. The molecule has 0 spiro atoms. The van der Waals surface area contributed by atoms with Crippen molar-refractivity contribution in [3.63, 3.8) is 0 Å². The highest BCUT2D eigenvalue weighted by Crippen LogP contribution is 2.32. The van der Waals surface area contributed by atoms with E-state index in [1.165, 1.54) is 23.9 Å². The zero-order valence-electron chi connectivity index (χ0n) is 13.9. The van der Waals surface area contributed by atoms with Crippen molar-refractivity contribution in [3.05, 3.63) is 54.0 Å². The van der Waals surface area contributed by atoms with Crippen LogP contribution in [0.15, 0.2) is 42.6 Å². The van der Waals surface area contributed by atoms with Crippen molar-refractivity contribution in [1.82, 2.24) is 20.1 Å². The summed E-state index contributed by atoms with van der Waals surface area (Å²) >= 11 is 0. The molecule has 0 aliphatic carbocycles. The quantitative estimate of drug-likeness (QED) is 0.796. The zero-order chi connectivity index (χ0) is 16.4. The summed E-state index contributed by atoms with van der Waals surface area (Å²) in [5.74, 6) is 0.838. The molecule has 1 fully saturated rings. The Kier molecular flexibility index (Phi) is 4.17. The molecule has 1 aliphatic rings. The molecule has 1 saturated heterocycles. The van der Waals surface area contributed by atoms with Crippen LogP contribution in [0.1, 0.15) is 36.7 Å². The summed E-state index contributed by atoms with van der Waals surface area (Å²) in [4.78, 5) is 7.10. The Morgan fingerprint density at radius 1 is 1.25 bits per heavy atom. The molecule has 0 amide bonds. The first-order valence-electron chi connectivity index (χ1n) is 8.51. The maximum absolute atomic E-state index is 5.28. The zero-order valence-corrected chi connectivity index (χ0v) is 13.9. The number of likely N-dealkylation sites (tertiary alicyclic amines) is 1. The summed E-state index contributed by atoms with van der Waals surface area (Å²) in [5, 5.41) is 8.83. The van der Waals surface area contributed by atoms with E-state index in [2.05, 4.69) is 38.3 Å². The normalized spacial score (nSPS) is 18.8. The molecule has 1 aliphatic heterocycles. The van der Waals surface area contributed by atoms with Crippen molar-refractivity contribution in [1.29, 1.82) is 0 Å². The number of hydrogen-bond donors (Lipinski definition) is 1. The number of aromatic amines is 1. The number of piperidine rings is 1. The number of nitrogens with one attached hydrogen (secondary N) is 1. The summed E-state index contributed by atoms with van der Waals surface area (Å²) < 4.78 is 5.28. The molecule has 3 heterocycles. The van der Waals surface area contributed by atoms with Crippen LogP contribution in [0.3, 0.4) is 0 Å². The van der Waals surface area contributed by atoms with Crippen LogP contribution in [0.25, 0.3) is 10.9 Å². The highest BCUT2D eigenvalue weighted by Gasteiger charge is 2.25. The number of methoxy groups -OCH3 is 1. The van der Waals surface area contributed by atoms with Crippen LogP contribution in [0.5, 0.6) is 5.75 Å². The summed E-state index contributed by atoms with van der Waals surface area (Å²) in [6.07, 6.45) is 5.55. The highest BCUT2D eigenvalue weighted by molar-refractivity contribution is 5.82. The van der Waals surface area contributed by atoms with Crippen LogP contribution in [-0.2, 0) is 6.54 Å². The van der Waals surface area contributed by atoms with Gasteiger partial charge >= 0.3 is 0 Å². The lowest BCUT2D eigenvalue weighted by molar-refractivity contribution is 0.136. The van der Waals surface area contributed by atoms with Gasteiger partial charge in [0.15, 0.2) is 0 Å². The van der Waals surface area contributed by atoms with E-state index in [1.54, 1.807) is 7.11 Å². The fourth-order valence-electron chi connectivity index (χ4n) is 3.59. The van der Waals surface area contributed by atoms with Gasteiger partial charge in [-0.15, -0.1) is 0 Å². The largest absolute Gasteiger partial charge is 0.497 e. The van der Waals surface area contributed by atoms with Gasteiger partial charge in [0.05, 0.1) is 30.1 Å². The number of rotatable bonds is 4. The van der Waals surface area contributed by atoms with Gasteiger partial charge in [0.1, 0.15) is 5.75 Å².